The summed E-state index contributed by atoms with van der Waals surface area (Å²) in [6.07, 6.45) is 1.70. The smallest absolute Gasteiger partial charge is 0.133 e. The number of alkyl halides is 2. The van der Waals surface area contributed by atoms with E-state index in [9.17, 15) is 0 Å². The summed E-state index contributed by atoms with van der Waals surface area (Å²) in [7, 11) is 0. The second-order valence-electron chi connectivity index (χ2n) is 4.22. The van der Waals surface area contributed by atoms with E-state index >= 15 is 0 Å². The molecule has 0 aliphatic carbocycles. The Balaban J connectivity index is 3.58. The van der Waals surface area contributed by atoms with E-state index in [2.05, 4.69) is 27.7 Å². The third-order valence-corrected chi connectivity index (χ3v) is 2.17. The van der Waals surface area contributed by atoms with Crippen LogP contribution in [0.3, 0.4) is 0 Å². The third-order valence-electron chi connectivity index (χ3n) is 1.61. The molecule has 0 saturated carbocycles. The van der Waals surface area contributed by atoms with Crippen molar-refractivity contribution in [2.45, 2.75) is 51.7 Å². The number of hydrogen-bond donors (Lipinski definition) is 0. The highest BCUT2D eigenvalue weighted by Gasteiger charge is 2.14. The lowest BCUT2D eigenvalue weighted by atomic mass is 10.1. The highest BCUT2D eigenvalue weighted by Crippen LogP contribution is 2.19. The maximum Gasteiger partial charge on any atom is 0.133 e. The third kappa shape index (κ3) is 8.86. The van der Waals surface area contributed by atoms with Crippen molar-refractivity contribution in [3.63, 3.8) is 0 Å². The van der Waals surface area contributed by atoms with Crippen LogP contribution in [-0.4, -0.2) is 11.1 Å². The maximum absolute atomic E-state index is 5.95. The van der Waals surface area contributed by atoms with Crippen LogP contribution in [0.25, 0.3) is 0 Å². The maximum atomic E-state index is 5.95. The van der Waals surface area contributed by atoms with Crippen LogP contribution < -0.4 is 0 Å². The van der Waals surface area contributed by atoms with Gasteiger partial charge in [-0.25, -0.2) is 0 Å². The minimum Gasteiger partial charge on any atom is -0.344 e. The number of ether oxygens (including phenoxy) is 1. The molecule has 0 heterocycles. The Morgan fingerprint density at radius 1 is 0.846 bits per heavy atom. The van der Waals surface area contributed by atoms with Crippen molar-refractivity contribution in [3.8, 4) is 0 Å². The van der Waals surface area contributed by atoms with Gasteiger partial charge in [-0.05, 0) is 24.7 Å². The highest BCUT2D eigenvalue weighted by atomic mass is 35.5. The summed E-state index contributed by atoms with van der Waals surface area (Å²) in [6, 6.07) is 0. The number of halogens is 2. The molecule has 0 aromatic rings. The quantitative estimate of drug-likeness (QED) is 0.617. The average molecular weight is 227 g/mol. The molecule has 3 heteroatoms. The van der Waals surface area contributed by atoms with E-state index in [-0.39, 0.29) is 11.1 Å². The lowest BCUT2D eigenvalue weighted by Crippen LogP contribution is -2.16. The van der Waals surface area contributed by atoms with Gasteiger partial charge in [0.25, 0.3) is 0 Å². The Kier molecular flexibility index (Phi) is 7.20. The van der Waals surface area contributed by atoms with Gasteiger partial charge in [0, 0.05) is 0 Å². The topological polar surface area (TPSA) is 9.23 Å². The summed E-state index contributed by atoms with van der Waals surface area (Å²) in [5, 5.41) is 0. The first kappa shape index (κ1) is 13.5. The molecule has 0 spiro atoms. The van der Waals surface area contributed by atoms with Crippen LogP contribution in [-0.2, 0) is 4.74 Å². The van der Waals surface area contributed by atoms with Gasteiger partial charge in [0.1, 0.15) is 11.1 Å². The Hall–Kier alpha value is 0.540. The molecule has 0 aromatic carbocycles. The molecule has 0 fully saturated rings. The van der Waals surface area contributed by atoms with Gasteiger partial charge in [0.15, 0.2) is 0 Å². The van der Waals surface area contributed by atoms with Crippen LogP contribution in [0, 0.1) is 11.8 Å². The van der Waals surface area contributed by atoms with Gasteiger partial charge in [0.2, 0.25) is 0 Å². The van der Waals surface area contributed by atoms with Gasteiger partial charge in [-0.15, -0.1) is 0 Å². The highest BCUT2D eigenvalue weighted by molar-refractivity contribution is 6.21. The number of rotatable bonds is 6. The fraction of sp³-hybridized carbons (Fsp3) is 1.00. The van der Waals surface area contributed by atoms with Gasteiger partial charge in [-0.3, -0.25) is 0 Å². The average Bonchev–Trinajstić information content (AvgIpc) is 1.80. The first-order chi connectivity index (χ1) is 5.91. The predicted octanol–water partition coefficient (Wildman–Crippen LogP) is 4.23. The Labute approximate surface area is 91.7 Å². The molecular weight excluding hydrogens is 207 g/mol. The lowest BCUT2D eigenvalue weighted by Gasteiger charge is -2.18. The molecule has 0 aromatic heterocycles. The minimum atomic E-state index is -0.249. The van der Waals surface area contributed by atoms with Crippen molar-refractivity contribution in [2.24, 2.45) is 11.8 Å². The molecule has 80 valence electrons. The van der Waals surface area contributed by atoms with Crippen molar-refractivity contribution in [2.75, 3.05) is 0 Å². The van der Waals surface area contributed by atoms with Crippen LogP contribution in [0.4, 0.5) is 0 Å². The molecular formula is C10H20Cl2O. The van der Waals surface area contributed by atoms with E-state index in [1.807, 2.05) is 0 Å². The van der Waals surface area contributed by atoms with Gasteiger partial charge in [-0.1, -0.05) is 50.9 Å². The summed E-state index contributed by atoms with van der Waals surface area (Å²) in [6.45, 7) is 8.46. The van der Waals surface area contributed by atoms with Crippen molar-refractivity contribution < 1.29 is 4.74 Å². The standard InChI is InChI=1S/C10H20Cl2O/c1-7(2)5-9(11)13-10(12)6-8(3)4/h7-10H,5-6H2,1-4H3. The summed E-state index contributed by atoms with van der Waals surface area (Å²) in [4.78, 5) is 0. The second kappa shape index (κ2) is 6.92. The van der Waals surface area contributed by atoms with E-state index in [1.54, 1.807) is 0 Å². The normalized spacial score (nSPS) is 16.6. The molecule has 0 amide bonds. The fourth-order valence-corrected chi connectivity index (χ4v) is 2.03. The zero-order valence-electron chi connectivity index (χ0n) is 8.89. The molecule has 0 N–H and O–H groups in total. The Morgan fingerprint density at radius 2 is 1.15 bits per heavy atom. The zero-order chi connectivity index (χ0) is 10.4. The molecule has 13 heavy (non-hydrogen) atoms. The molecule has 0 radical (unpaired) electrons. The van der Waals surface area contributed by atoms with E-state index < -0.39 is 0 Å². The number of hydrogen-bond acceptors (Lipinski definition) is 1. The molecule has 1 nitrogen and oxygen atoms in total. The van der Waals surface area contributed by atoms with Crippen LogP contribution in [0.15, 0.2) is 0 Å². The van der Waals surface area contributed by atoms with Gasteiger partial charge < -0.3 is 4.74 Å². The zero-order valence-corrected chi connectivity index (χ0v) is 10.4. The van der Waals surface area contributed by atoms with Crippen molar-refractivity contribution in [1.82, 2.24) is 0 Å². The fourth-order valence-electron chi connectivity index (χ4n) is 1.01. The SMILES string of the molecule is CC(C)CC(Cl)OC(Cl)CC(C)C. The summed E-state index contributed by atoms with van der Waals surface area (Å²) in [5.41, 5.74) is -0.498. The molecule has 0 rings (SSSR count). The molecule has 2 atom stereocenters. The summed E-state index contributed by atoms with van der Waals surface area (Å²) < 4.78 is 5.40. The minimum absolute atomic E-state index is 0.249. The van der Waals surface area contributed by atoms with Crippen LogP contribution in [0.2, 0.25) is 0 Å². The van der Waals surface area contributed by atoms with Crippen LogP contribution in [0.1, 0.15) is 40.5 Å². The second-order valence-corrected chi connectivity index (χ2v) is 5.19. The first-order valence-electron chi connectivity index (χ1n) is 4.85. The van der Waals surface area contributed by atoms with Gasteiger partial charge in [-0.2, -0.15) is 0 Å². The molecule has 0 saturated heterocycles. The van der Waals surface area contributed by atoms with E-state index in [0.29, 0.717) is 11.8 Å². The molecule has 2 unspecified atom stereocenters. The van der Waals surface area contributed by atoms with Crippen molar-refractivity contribution in [3.05, 3.63) is 0 Å². The lowest BCUT2D eigenvalue weighted by molar-refractivity contribution is 0.0585. The molecule has 0 aliphatic rings. The monoisotopic (exact) mass is 226 g/mol. The first-order valence-corrected chi connectivity index (χ1v) is 5.72. The Bertz CT molecular complexity index is 112. The van der Waals surface area contributed by atoms with Gasteiger partial charge in [0.05, 0.1) is 0 Å². The summed E-state index contributed by atoms with van der Waals surface area (Å²) >= 11 is 11.9. The largest absolute Gasteiger partial charge is 0.344 e. The van der Waals surface area contributed by atoms with Crippen molar-refractivity contribution in [1.29, 1.82) is 0 Å². The van der Waals surface area contributed by atoms with E-state index in [0.717, 1.165) is 12.8 Å². The van der Waals surface area contributed by atoms with E-state index in [1.165, 1.54) is 0 Å². The summed E-state index contributed by atoms with van der Waals surface area (Å²) in [5.74, 6) is 1.09. The van der Waals surface area contributed by atoms with E-state index in [4.69, 9.17) is 27.9 Å². The van der Waals surface area contributed by atoms with Crippen LogP contribution >= 0.6 is 23.2 Å². The van der Waals surface area contributed by atoms with Crippen LogP contribution in [0.5, 0.6) is 0 Å². The van der Waals surface area contributed by atoms with Gasteiger partial charge >= 0.3 is 0 Å². The van der Waals surface area contributed by atoms with Crippen molar-refractivity contribution >= 4 is 23.2 Å². The molecule has 0 aliphatic heterocycles. The molecule has 0 bridgehead atoms. The predicted molar refractivity (Wildman–Crippen MR) is 59.3 cm³/mol. The Morgan fingerprint density at radius 3 is 1.38 bits per heavy atom.